The van der Waals surface area contributed by atoms with Gasteiger partial charge in [0.25, 0.3) is 0 Å². The first-order valence-electron chi connectivity index (χ1n) is 9.15. The number of hydrogen-bond donors (Lipinski definition) is 3. The summed E-state index contributed by atoms with van der Waals surface area (Å²) in [7, 11) is 1.87. The molecule has 0 bridgehead atoms. The summed E-state index contributed by atoms with van der Waals surface area (Å²) in [5.41, 5.74) is 3.67. The van der Waals surface area contributed by atoms with Gasteiger partial charge in [-0.15, -0.1) is 0 Å². The molecule has 0 aliphatic carbocycles. The number of aryl methyl sites for hydroxylation is 3. The molecule has 3 heterocycles. The zero-order valence-electron chi connectivity index (χ0n) is 16.4. The molecule has 0 atom stereocenters. The normalized spacial score (nSPS) is 11.1. The average molecular weight is 377 g/mol. The van der Waals surface area contributed by atoms with Gasteiger partial charge in [-0.25, -0.2) is 4.98 Å². The molecule has 4 rings (SSSR count). The molecule has 8 nitrogen and oxygen atoms in total. The fourth-order valence-corrected chi connectivity index (χ4v) is 3.25. The molecule has 4 aromatic rings. The molecular weight excluding hydrogens is 354 g/mol. The first-order chi connectivity index (χ1) is 13.5. The number of pyridine rings is 1. The molecule has 0 radical (unpaired) electrons. The van der Waals surface area contributed by atoms with Gasteiger partial charge in [-0.3, -0.25) is 9.36 Å². The second-order valence-electron chi connectivity index (χ2n) is 6.74. The molecule has 1 aromatic carbocycles. The number of rotatable bonds is 5. The molecule has 0 aliphatic heterocycles. The highest BCUT2D eigenvalue weighted by molar-refractivity contribution is 5.93. The molecule has 0 spiro atoms. The van der Waals surface area contributed by atoms with E-state index in [1.165, 1.54) is 0 Å². The topological polar surface area (TPSA) is 92.8 Å². The molecule has 0 saturated heterocycles. The van der Waals surface area contributed by atoms with E-state index in [0.29, 0.717) is 5.82 Å². The van der Waals surface area contributed by atoms with E-state index in [2.05, 4.69) is 27.6 Å². The minimum atomic E-state index is 0.258. The van der Waals surface area contributed by atoms with Crippen LogP contribution in [0.15, 0.2) is 36.7 Å². The number of phenols is 1. The van der Waals surface area contributed by atoms with E-state index in [1.807, 2.05) is 50.0 Å². The number of aromatic hydroxyl groups is 1. The van der Waals surface area contributed by atoms with Gasteiger partial charge in [-0.1, -0.05) is 6.07 Å². The van der Waals surface area contributed by atoms with Gasteiger partial charge in [0.15, 0.2) is 5.82 Å². The predicted octanol–water partition coefficient (Wildman–Crippen LogP) is 3.99. The first kappa shape index (κ1) is 17.8. The maximum Gasteiger partial charge on any atom is 0.161 e. The van der Waals surface area contributed by atoms with Gasteiger partial charge in [-0.05, 0) is 32.4 Å². The van der Waals surface area contributed by atoms with Crippen LogP contribution in [-0.4, -0.2) is 29.7 Å². The minimum Gasteiger partial charge on any atom is -0.508 e. The van der Waals surface area contributed by atoms with Gasteiger partial charge in [0, 0.05) is 43.2 Å². The molecule has 28 heavy (non-hydrogen) atoms. The Bertz CT molecular complexity index is 1160. The lowest BCUT2D eigenvalue weighted by molar-refractivity contribution is 0.471. The summed E-state index contributed by atoms with van der Waals surface area (Å²) >= 11 is 0. The zero-order chi connectivity index (χ0) is 19.8. The lowest BCUT2D eigenvalue weighted by atomic mass is 10.1. The Balaban J connectivity index is 1.75. The molecule has 3 N–H and O–H groups in total. The fourth-order valence-electron chi connectivity index (χ4n) is 3.25. The highest BCUT2D eigenvalue weighted by Gasteiger charge is 2.15. The highest BCUT2D eigenvalue weighted by atomic mass is 16.3. The smallest absolute Gasteiger partial charge is 0.161 e. The number of hydrogen-bond acceptors (Lipinski definition) is 6. The maximum absolute atomic E-state index is 10.1. The van der Waals surface area contributed by atoms with E-state index in [1.54, 1.807) is 16.9 Å². The third-order valence-electron chi connectivity index (χ3n) is 4.90. The lowest BCUT2D eigenvalue weighted by Crippen LogP contribution is -2.01. The molecule has 0 unspecified atom stereocenters. The van der Waals surface area contributed by atoms with Crippen molar-refractivity contribution in [2.24, 2.45) is 7.05 Å². The number of fused-ring (bicyclic) bond motifs is 1. The highest BCUT2D eigenvalue weighted by Crippen LogP contribution is 2.33. The number of phenolic OH excluding ortho intramolecular Hbond substituents is 1. The van der Waals surface area contributed by atoms with Crippen molar-refractivity contribution in [3.05, 3.63) is 47.8 Å². The second-order valence-corrected chi connectivity index (χ2v) is 6.74. The number of benzene rings is 1. The molecule has 3 aromatic heterocycles. The number of aromatic nitrogens is 5. The van der Waals surface area contributed by atoms with Gasteiger partial charge in [0.05, 0.1) is 17.1 Å². The quantitative estimate of drug-likeness (QED) is 0.487. The van der Waals surface area contributed by atoms with Crippen LogP contribution in [0.25, 0.3) is 10.9 Å². The first-order valence-corrected chi connectivity index (χ1v) is 9.15. The van der Waals surface area contributed by atoms with Crippen LogP contribution in [0, 0.1) is 13.8 Å². The van der Waals surface area contributed by atoms with Crippen LogP contribution in [0.4, 0.5) is 23.1 Å². The van der Waals surface area contributed by atoms with E-state index >= 15 is 0 Å². The molecular formula is C20H23N7O. The van der Waals surface area contributed by atoms with Crippen molar-refractivity contribution in [1.82, 2.24) is 24.5 Å². The predicted molar refractivity (Wildman–Crippen MR) is 111 cm³/mol. The summed E-state index contributed by atoms with van der Waals surface area (Å²) in [6, 6.07) is 7.46. The molecule has 8 heteroatoms. The summed E-state index contributed by atoms with van der Waals surface area (Å²) in [5.74, 6) is 2.56. The van der Waals surface area contributed by atoms with E-state index in [9.17, 15) is 5.11 Å². The third-order valence-corrected chi connectivity index (χ3v) is 4.90. The molecule has 0 saturated carbocycles. The van der Waals surface area contributed by atoms with Gasteiger partial charge in [0.2, 0.25) is 0 Å². The van der Waals surface area contributed by atoms with Gasteiger partial charge >= 0.3 is 0 Å². The van der Waals surface area contributed by atoms with Gasteiger partial charge < -0.3 is 15.7 Å². The second kappa shape index (κ2) is 6.88. The monoisotopic (exact) mass is 377 g/mol. The molecule has 0 aliphatic rings. The summed E-state index contributed by atoms with van der Waals surface area (Å²) in [5, 5.41) is 26.5. The van der Waals surface area contributed by atoms with Crippen molar-refractivity contribution in [2.45, 2.75) is 27.3 Å². The Hall–Kier alpha value is -3.55. The van der Waals surface area contributed by atoms with Crippen molar-refractivity contribution in [3.63, 3.8) is 0 Å². The van der Waals surface area contributed by atoms with Crippen LogP contribution in [0.1, 0.15) is 18.1 Å². The van der Waals surface area contributed by atoms with Crippen LogP contribution in [0.3, 0.4) is 0 Å². The summed E-state index contributed by atoms with van der Waals surface area (Å²) < 4.78 is 3.69. The van der Waals surface area contributed by atoms with Crippen molar-refractivity contribution in [2.75, 3.05) is 10.6 Å². The standard InChI is InChI=1S/C20H23N7O/c1-5-27-15-10-17(23-18-8-9-22-26(18)4)21-11-14(15)20(25-27)24-19-12(2)6-7-16(28)13(19)3/h6-11,28H,5H2,1-4H3,(H,21,23)(H,24,25). The fraction of sp³-hybridized carbons (Fsp3) is 0.250. The van der Waals surface area contributed by atoms with Crippen molar-refractivity contribution >= 4 is 34.0 Å². The van der Waals surface area contributed by atoms with E-state index in [4.69, 9.17) is 5.10 Å². The Morgan fingerprint density at radius 1 is 1.14 bits per heavy atom. The Labute approximate surface area is 162 Å². The molecule has 0 fully saturated rings. The van der Waals surface area contributed by atoms with Gasteiger partial charge in [-0.2, -0.15) is 10.2 Å². The third kappa shape index (κ3) is 3.02. The summed E-state index contributed by atoms with van der Waals surface area (Å²) in [6.07, 6.45) is 3.54. The van der Waals surface area contributed by atoms with Crippen LogP contribution in [0.2, 0.25) is 0 Å². The van der Waals surface area contributed by atoms with E-state index in [0.717, 1.165) is 45.9 Å². The molecule has 144 valence electrons. The van der Waals surface area contributed by atoms with Crippen LogP contribution < -0.4 is 10.6 Å². The SMILES string of the molecule is CCn1nc(Nc2c(C)ccc(O)c2C)c2cnc(Nc3ccnn3C)cc21. The van der Waals surface area contributed by atoms with Crippen molar-refractivity contribution in [1.29, 1.82) is 0 Å². The Morgan fingerprint density at radius 3 is 2.68 bits per heavy atom. The van der Waals surface area contributed by atoms with Crippen LogP contribution in [-0.2, 0) is 13.6 Å². The summed E-state index contributed by atoms with van der Waals surface area (Å²) in [4.78, 5) is 4.54. The largest absolute Gasteiger partial charge is 0.508 e. The number of nitrogens with zero attached hydrogens (tertiary/aromatic N) is 5. The number of nitrogens with one attached hydrogen (secondary N) is 2. The van der Waals surface area contributed by atoms with Crippen LogP contribution in [0.5, 0.6) is 5.75 Å². The lowest BCUT2D eigenvalue weighted by Gasteiger charge is -2.12. The summed E-state index contributed by atoms with van der Waals surface area (Å²) in [6.45, 7) is 6.67. The molecule has 0 amide bonds. The van der Waals surface area contributed by atoms with Crippen LogP contribution >= 0.6 is 0 Å². The Morgan fingerprint density at radius 2 is 1.96 bits per heavy atom. The van der Waals surface area contributed by atoms with Gasteiger partial charge in [0.1, 0.15) is 17.4 Å². The maximum atomic E-state index is 10.1. The van der Waals surface area contributed by atoms with E-state index in [-0.39, 0.29) is 5.75 Å². The Kier molecular flexibility index (Phi) is 4.38. The number of anilines is 4. The van der Waals surface area contributed by atoms with Crippen molar-refractivity contribution in [3.8, 4) is 5.75 Å². The minimum absolute atomic E-state index is 0.258. The van der Waals surface area contributed by atoms with E-state index < -0.39 is 0 Å². The average Bonchev–Trinajstić information content (AvgIpc) is 3.25. The zero-order valence-corrected chi connectivity index (χ0v) is 16.4. The van der Waals surface area contributed by atoms with Crippen molar-refractivity contribution < 1.29 is 5.11 Å².